The standard InChI is InChI=1S/C25H28N2O5/c1-5-21(29)19-12-8-17(9-13-19)6-7-18-10-14-20(15-11-18)23(31)27(4)25(2,22(30)16-28)24(32)26-3/h8-15,21,28-29H,5,16H2,1-4H3,(H,26,32)/t21?,25-/m1/s1. The van der Waals surface area contributed by atoms with E-state index in [-0.39, 0.29) is 5.56 Å². The molecule has 0 saturated heterocycles. The molecule has 0 aromatic heterocycles. The zero-order valence-corrected chi connectivity index (χ0v) is 18.7. The second-order valence-electron chi connectivity index (χ2n) is 7.47. The maximum Gasteiger partial charge on any atom is 0.254 e. The summed E-state index contributed by atoms with van der Waals surface area (Å²) in [6.07, 6.45) is 0.153. The highest BCUT2D eigenvalue weighted by atomic mass is 16.3. The maximum absolute atomic E-state index is 12.9. The van der Waals surface area contributed by atoms with Gasteiger partial charge in [-0.15, -0.1) is 0 Å². The lowest BCUT2D eigenvalue weighted by Crippen LogP contribution is -2.62. The third-order valence-electron chi connectivity index (χ3n) is 5.50. The molecule has 0 saturated carbocycles. The molecule has 0 aliphatic carbocycles. The Labute approximate surface area is 188 Å². The predicted molar refractivity (Wildman–Crippen MR) is 121 cm³/mol. The number of ketones is 1. The number of aliphatic hydroxyl groups is 2. The summed E-state index contributed by atoms with van der Waals surface area (Å²) in [7, 11) is 2.70. The van der Waals surface area contributed by atoms with Crippen molar-refractivity contribution in [1.29, 1.82) is 0 Å². The number of carbonyl (C=O) groups excluding carboxylic acids is 3. The van der Waals surface area contributed by atoms with E-state index in [4.69, 9.17) is 0 Å². The molecule has 0 aliphatic rings. The van der Waals surface area contributed by atoms with Gasteiger partial charge in [-0.3, -0.25) is 14.4 Å². The van der Waals surface area contributed by atoms with E-state index >= 15 is 0 Å². The summed E-state index contributed by atoms with van der Waals surface area (Å²) in [4.78, 5) is 38.4. The number of hydrogen-bond acceptors (Lipinski definition) is 5. The Hall–Kier alpha value is -3.47. The fourth-order valence-electron chi connectivity index (χ4n) is 3.12. The molecule has 2 aromatic carbocycles. The van der Waals surface area contributed by atoms with Crippen molar-refractivity contribution in [2.75, 3.05) is 20.7 Å². The van der Waals surface area contributed by atoms with Crippen LogP contribution in [0.2, 0.25) is 0 Å². The van der Waals surface area contributed by atoms with Crippen LogP contribution in [0.4, 0.5) is 0 Å². The summed E-state index contributed by atoms with van der Waals surface area (Å²) in [5, 5.41) is 21.5. The maximum atomic E-state index is 12.9. The summed E-state index contributed by atoms with van der Waals surface area (Å²) in [6.45, 7) is 2.34. The average Bonchev–Trinajstić information content (AvgIpc) is 2.85. The van der Waals surface area contributed by atoms with Crippen molar-refractivity contribution in [1.82, 2.24) is 10.2 Å². The van der Waals surface area contributed by atoms with Crippen LogP contribution >= 0.6 is 0 Å². The smallest absolute Gasteiger partial charge is 0.254 e. The summed E-state index contributed by atoms with van der Waals surface area (Å²) in [5.74, 6) is 4.04. The van der Waals surface area contributed by atoms with Crippen LogP contribution in [0, 0.1) is 11.8 Å². The van der Waals surface area contributed by atoms with Gasteiger partial charge in [-0.25, -0.2) is 0 Å². The van der Waals surface area contributed by atoms with Crippen LogP contribution in [-0.4, -0.2) is 59.0 Å². The molecule has 2 amide bonds. The molecule has 2 rings (SSSR count). The van der Waals surface area contributed by atoms with Gasteiger partial charge in [0, 0.05) is 30.8 Å². The van der Waals surface area contributed by atoms with Gasteiger partial charge in [-0.05, 0) is 55.3 Å². The van der Waals surface area contributed by atoms with Gasteiger partial charge in [0.15, 0.2) is 11.3 Å². The SMILES string of the molecule is CCC(O)c1ccc(C#Cc2ccc(C(=O)N(C)[C@](C)(C(=O)CO)C(=O)NC)cc2)cc1. The molecular formula is C25H28N2O5. The fourth-order valence-corrected chi connectivity index (χ4v) is 3.12. The van der Waals surface area contributed by atoms with Gasteiger partial charge in [0.25, 0.3) is 11.8 Å². The number of nitrogens with zero attached hydrogens (tertiary/aromatic N) is 1. The number of Topliss-reactive ketones (excluding diaryl/α,β-unsaturated/α-hetero) is 1. The molecule has 7 nitrogen and oxygen atoms in total. The zero-order chi connectivity index (χ0) is 23.9. The number of aliphatic hydroxyl groups excluding tert-OH is 2. The van der Waals surface area contributed by atoms with Crippen molar-refractivity contribution >= 4 is 17.6 Å². The first-order chi connectivity index (χ1) is 15.2. The first kappa shape index (κ1) is 24.8. The molecule has 32 heavy (non-hydrogen) atoms. The molecule has 0 spiro atoms. The third-order valence-corrected chi connectivity index (χ3v) is 5.50. The Morgan fingerprint density at radius 3 is 1.97 bits per heavy atom. The lowest BCUT2D eigenvalue weighted by Gasteiger charge is -2.35. The van der Waals surface area contributed by atoms with Gasteiger partial charge >= 0.3 is 0 Å². The third kappa shape index (κ3) is 5.22. The molecule has 1 unspecified atom stereocenters. The Bertz CT molecular complexity index is 1020. The molecule has 7 heteroatoms. The summed E-state index contributed by atoms with van der Waals surface area (Å²) in [6, 6.07) is 13.8. The topological polar surface area (TPSA) is 107 Å². The second-order valence-corrected chi connectivity index (χ2v) is 7.47. The van der Waals surface area contributed by atoms with Crippen LogP contribution in [0.3, 0.4) is 0 Å². The summed E-state index contributed by atoms with van der Waals surface area (Å²) in [5.41, 5.74) is 0.754. The normalized spacial score (nSPS) is 13.2. The molecule has 0 aliphatic heterocycles. The van der Waals surface area contributed by atoms with Crippen LogP contribution in [0.5, 0.6) is 0 Å². The van der Waals surface area contributed by atoms with Crippen LogP contribution < -0.4 is 5.32 Å². The molecule has 2 aromatic rings. The minimum atomic E-state index is -1.84. The highest BCUT2D eigenvalue weighted by Gasteiger charge is 2.46. The Balaban J connectivity index is 2.20. The zero-order valence-electron chi connectivity index (χ0n) is 18.7. The summed E-state index contributed by atoms with van der Waals surface area (Å²) >= 11 is 0. The Kier molecular flexibility index (Phi) is 8.30. The van der Waals surface area contributed by atoms with Crippen LogP contribution in [0.15, 0.2) is 48.5 Å². The molecule has 3 N–H and O–H groups in total. The Morgan fingerprint density at radius 2 is 1.53 bits per heavy atom. The van der Waals surface area contributed by atoms with E-state index in [9.17, 15) is 24.6 Å². The van der Waals surface area contributed by atoms with Crippen molar-refractivity contribution in [3.63, 3.8) is 0 Å². The van der Waals surface area contributed by atoms with E-state index in [2.05, 4.69) is 17.2 Å². The molecule has 0 fully saturated rings. The number of benzene rings is 2. The van der Waals surface area contributed by atoms with Crippen molar-refractivity contribution in [2.24, 2.45) is 0 Å². The van der Waals surface area contributed by atoms with E-state index in [1.54, 1.807) is 24.3 Å². The molecule has 2 atom stereocenters. The monoisotopic (exact) mass is 436 g/mol. The number of carbonyl (C=O) groups is 3. The minimum Gasteiger partial charge on any atom is -0.388 e. The fraction of sp³-hybridized carbons (Fsp3) is 0.320. The first-order valence-electron chi connectivity index (χ1n) is 10.2. The van der Waals surface area contributed by atoms with Gasteiger partial charge in [0.2, 0.25) is 0 Å². The largest absolute Gasteiger partial charge is 0.388 e. The number of rotatable bonds is 7. The van der Waals surface area contributed by atoms with Crippen molar-refractivity contribution < 1.29 is 24.6 Å². The Morgan fingerprint density at radius 1 is 1.03 bits per heavy atom. The van der Waals surface area contributed by atoms with Crippen molar-refractivity contribution in [3.05, 3.63) is 70.8 Å². The van der Waals surface area contributed by atoms with E-state index in [1.165, 1.54) is 21.0 Å². The highest BCUT2D eigenvalue weighted by molar-refractivity contribution is 6.14. The van der Waals surface area contributed by atoms with Crippen LogP contribution in [0.1, 0.15) is 53.4 Å². The van der Waals surface area contributed by atoms with Gasteiger partial charge in [-0.2, -0.15) is 0 Å². The number of hydrogen-bond donors (Lipinski definition) is 3. The number of amides is 2. The average molecular weight is 437 g/mol. The van der Waals surface area contributed by atoms with Gasteiger partial charge in [-0.1, -0.05) is 30.9 Å². The first-order valence-corrected chi connectivity index (χ1v) is 10.2. The van der Waals surface area contributed by atoms with Crippen molar-refractivity contribution in [2.45, 2.75) is 31.9 Å². The quantitative estimate of drug-likeness (QED) is 0.452. The summed E-state index contributed by atoms with van der Waals surface area (Å²) < 4.78 is 0. The molecular weight excluding hydrogens is 408 g/mol. The van der Waals surface area contributed by atoms with Gasteiger partial charge in [0.1, 0.15) is 6.61 Å². The lowest BCUT2D eigenvalue weighted by atomic mass is 9.92. The predicted octanol–water partition coefficient (Wildman–Crippen LogP) is 1.67. The van der Waals surface area contributed by atoms with E-state index in [0.29, 0.717) is 12.0 Å². The van der Waals surface area contributed by atoms with E-state index in [0.717, 1.165) is 16.0 Å². The molecule has 0 radical (unpaired) electrons. The van der Waals surface area contributed by atoms with Crippen LogP contribution in [0.25, 0.3) is 0 Å². The van der Waals surface area contributed by atoms with Gasteiger partial charge < -0.3 is 20.4 Å². The minimum absolute atomic E-state index is 0.275. The number of likely N-dealkylation sites (N-methyl/N-ethyl adjacent to an activating group) is 2. The molecule has 168 valence electrons. The van der Waals surface area contributed by atoms with E-state index in [1.807, 2.05) is 31.2 Å². The number of nitrogens with one attached hydrogen (secondary N) is 1. The molecule has 0 heterocycles. The highest BCUT2D eigenvalue weighted by Crippen LogP contribution is 2.19. The second kappa shape index (κ2) is 10.7. The molecule has 0 bridgehead atoms. The van der Waals surface area contributed by atoms with Crippen LogP contribution in [-0.2, 0) is 9.59 Å². The van der Waals surface area contributed by atoms with Crippen molar-refractivity contribution in [3.8, 4) is 11.8 Å². The van der Waals surface area contributed by atoms with Gasteiger partial charge in [0.05, 0.1) is 6.10 Å². The lowest BCUT2D eigenvalue weighted by molar-refractivity contribution is -0.143. The van der Waals surface area contributed by atoms with E-state index < -0.39 is 35.8 Å².